The molecule has 2 aliphatic heterocycles. The molecule has 3 rings (SSSR count). The van der Waals surface area contributed by atoms with Crippen molar-refractivity contribution >= 4 is 35.2 Å². The summed E-state index contributed by atoms with van der Waals surface area (Å²) < 4.78 is 5.35. The topological polar surface area (TPSA) is 139 Å². The molecule has 0 aliphatic carbocycles. The minimum atomic E-state index is -0.842. The fraction of sp³-hybridized carbons (Fsp3) is 0.350. The number of benzene rings is 1. The van der Waals surface area contributed by atoms with Gasteiger partial charge in [0.2, 0.25) is 11.8 Å². The molecule has 2 heterocycles. The molecule has 2 amide bonds. The number of amides is 2. The normalized spacial score (nSPS) is 21.0. The van der Waals surface area contributed by atoms with E-state index in [0.29, 0.717) is 16.9 Å². The van der Waals surface area contributed by atoms with Gasteiger partial charge in [0.15, 0.2) is 0 Å². The maximum atomic E-state index is 12.8. The molecule has 1 aromatic carbocycles. The summed E-state index contributed by atoms with van der Waals surface area (Å²) in [4.78, 5) is 48.5. The number of carbonyl (C=O) groups is 3. The number of esters is 1. The van der Waals surface area contributed by atoms with E-state index in [4.69, 9.17) is 4.74 Å². The first-order valence-electron chi connectivity index (χ1n) is 9.44. The molecule has 0 unspecified atom stereocenters. The lowest BCUT2D eigenvalue weighted by molar-refractivity contribution is -0.384. The first kappa shape index (κ1) is 22.5. The average Bonchev–Trinajstić information content (AvgIpc) is 3.03. The van der Waals surface area contributed by atoms with E-state index in [1.807, 2.05) is 0 Å². The Morgan fingerprint density at radius 2 is 2.10 bits per heavy atom. The monoisotopic (exact) mass is 447 g/mol. The molecule has 0 saturated carbocycles. The van der Waals surface area contributed by atoms with Gasteiger partial charge in [-0.15, -0.1) is 0 Å². The Balaban J connectivity index is 1.74. The molecule has 0 aromatic heterocycles. The zero-order chi connectivity index (χ0) is 22.7. The largest absolute Gasteiger partial charge is 0.456 e. The highest BCUT2D eigenvalue weighted by Crippen LogP contribution is 2.47. The van der Waals surface area contributed by atoms with Crippen LogP contribution in [0.4, 0.5) is 5.69 Å². The van der Waals surface area contributed by atoms with Gasteiger partial charge in [0.1, 0.15) is 12.3 Å². The molecule has 1 saturated heterocycles. The molecular weight excluding hydrogens is 426 g/mol. The first-order valence-corrected chi connectivity index (χ1v) is 10.3. The van der Waals surface area contributed by atoms with Crippen LogP contribution >= 0.6 is 11.8 Å². The second-order valence-corrected chi connectivity index (χ2v) is 8.14. The number of carbonyl (C=O) groups excluding carboxylic acids is 3. The smallest absolute Gasteiger partial charge is 0.356 e. The van der Waals surface area contributed by atoms with Gasteiger partial charge >= 0.3 is 5.97 Å². The summed E-state index contributed by atoms with van der Waals surface area (Å²) in [5.41, 5.74) is 0.605. The number of nitro groups is 1. The summed E-state index contributed by atoms with van der Waals surface area (Å²) in [7, 11) is 0. The van der Waals surface area contributed by atoms with Gasteiger partial charge in [-0.05, 0) is 30.0 Å². The van der Waals surface area contributed by atoms with E-state index < -0.39 is 22.9 Å². The molecule has 0 radical (unpaired) electrons. The number of hydrogen-bond donors (Lipinski definition) is 2. The van der Waals surface area contributed by atoms with Crippen LogP contribution in [0.2, 0.25) is 0 Å². The molecule has 0 bridgehead atoms. The summed E-state index contributed by atoms with van der Waals surface area (Å²) in [5, 5.41) is 24.7. The highest BCUT2D eigenvalue weighted by Gasteiger charge is 2.56. The average molecular weight is 447 g/mol. The number of aliphatic hydroxyl groups excluding tert-OH is 1. The number of rotatable bonds is 8. The van der Waals surface area contributed by atoms with Crippen molar-refractivity contribution in [2.45, 2.75) is 39.0 Å². The third kappa shape index (κ3) is 4.78. The van der Waals surface area contributed by atoms with Crippen molar-refractivity contribution in [2.75, 3.05) is 0 Å². The van der Waals surface area contributed by atoms with Gasteiger partial charge in [0, 0.05) is 36.6 Å². The van der Waals surface area contributed by atoms with E-state index in [0.717, 1.165) is 0 Å². The molecule has 2 N–H and O–H groups in total. The molecule has 1 fully saturated rings. The van der Waals surface area contributed by atoms with Gasteiger partial charge in [0.25, 0.3) is 5.69 Å². The van der Waals surface area contributed by atoms with Gasteiger partial charge in [-0.25, -0.2) is 4.79 Å². The minimum absolute atomic E-state index is 0.0728. The lowest BCUT2D eigenvalue weighted by Crippen LogP contribution is -2.61. The molecule has 31 heavy (non-hydrogen) atoms. The van der Waals surface area contributed by atoms with Crippen LogP contribution in [-0.2, 0) is 25.7 Å². The lowest BCUT2D eigenvalue weighted by atomic mass is 9.83. The predicted molar refractivity (Wildman–Crippen MR) is 111 cm³/mol. The van der Waals surface area contributed by atoms with Gasteiger partial charge in [-0.3, -0.25) is 19.7 Å². The number of fused-ring (bicyclic) bond motifs is 1. The van der Waals surface area contributed by atoms with E-state index in [9.17, 15) is 29.6 Å². The summed E-state index contributed by atoms with van der Waals surface area (Å²) in [6, 6.07) is 5.27. The molecule has 164 valence electrons. The number of nitro benzene ring substituents is 1. The van der Waals surface area contributed by atoms with Crippen molar-refractivity contribution < 1.29 is 29.2 Å². The van der Waals surface area contributed by atoms with Gasteiger partial charge in [0.05, 0.1) is 23.0 Å². The number of non-ortho nitro benzene ring substituents is 1. The summed E-state index contributed by atoms with van der Waals surface area (Å²) >= 11 is 1.19. The number of hydrogen-bond acceptors (Lipinski definition) is 8. The number of thioether (sulfide) groups is 1. The number of nitrogens with one attached hydrogen (secondary N) is 1. The number of ether oxygens (including phenoxy) is 1. The Morgan fingerprint density at radius 3 is 2.68 bits per heavy atom. The fourth-order valence-electron chi connectivity index (χ4n) is 3.52. The van der Waals surface area contributed by atoms with Crippen LogP contribution in [0.25, 0.3) is 0 Å². The fourth-order valence-corrected chi connectivity index (χ4v) is 4.39. The Hall–Kier alpha value is -3.18. The van der Waals surface area contributed by atoms with E-state index >= 15 is 0 Å². The van der Waals surface area contributed by atoms with Crippen LogP contribution in [0.3, 0.4) is 0 Å². The van der Waals surface area contributed by atoms with E-state index in [1.54, 1.807) is 5.41 Å². The van der Waals surface area contributed by atoms with E-state index in [-0.39, 0.29) is 35.8 Å². The van der Waals surface area contributed by atoms with E-state index in [2.05, 4.69) is 5.32 Å². The standard InChI is InChI=1S/C20H21N3O7S/c1-11(24)17-15-9-16(31-8-7-21-12(2)25)18(22(15)19(17)26)20(27)30-10-13-3-5-14(6-4-13)23(28)29/h3-8,11,15,17,24H,9-10H2,1-2H3,(H,21,25)/b8-7+/t11-,15+,17+/m0/s1. The third-order valence-corrected chi connectivity index (χ3v) is 5.88. The Labute approximate surface area is 182 Å². The van der Waals surface area contributed by atoms with Crippen molar-refractivity contribution in [3.63, 3.8) is 0 Å². The van der Waals surface area contributed by atoms with Gasteiger partial charge in [-0.2, -0.15) is 0 Å². The van der Waals surface area contributed by atoms with Crippen molar-refractivity contribution in [1.82, 2.24) is 10.2 Å². The molecule has 11 heteroatoms. The molecule has 10 nitrogen and oxygen atoms in total. The molecular formula is C20H21N3O7S. The molecule has 2 aliphatic rings. The van der Waals surface area contributed by atoms with Gasteiger partial charge < -0.3 is 20.1 Å². The predicted octanol–water partition coefficient (Wildman–Crippen LogP) is 1.80. The summed E-state index contributed by atoms with van der Waals surface area (Å²) in [6.07, 6.45) is 0.979. The van der Waals surface area contributed by atoms with Crippen molar-refractivity contribution in [1.29, 1.82) is 0 Å². The van der Waals surface area contributed by atoms with Crippen LogP contribution in [0.1, 0.15) is 25.8 Å². The number of aliphatic hydroxyl groups is 1. The maximum absolute atomic E-state index is 12.8. The first-order chi connectivity index (χ1) is 14.7. The zero-order valence-corrected chi connectivity index (χ0v) is 17.6. The van der Waals surface area contributed by atoms with Crippen molar-refractivity contribution in [3.05, 3.63) is 62.2 Å². The van der Waals surface area contributed by atoms with Crippen LogP contribution in [-0.4, -0.2) is 44.9 Å². The Bertz CT molecular complexity index is 971. The minimum Gasteiger partial charge on any atom is -0.456 e. The van der Waals surface area contributed by atoms with Gasteiger partial charge in [-0.1, -0.05) is 11.8 Å². The Morgan fingerprint density at radius 1 is 1.42 bits per heavy atom. The summed E-state index contributed by atoms with van der Waals surface area (Å²) in [5.74, 6) is -1.87. The number of nitrogens with zero attached hydrogens (tertiary/aromatic N) is 2. The van der Waals surface area contributed by atoms with Crippen LogP contribution in [0.5, 0.6) is 0 Å². The zero-order valence-electron chi connectivity index (χ0n) is 16.8. The van der Waals surface area contributed by atoms with Crippen LogP contribution < -0.4 is 5.32 Å². The SMILES string of the molecule is CC(=O)N/C=C/SC1=C(C(=O)OCc2ccc([N+](=O)[O-])cc2)N2C(=O)[C@H]([C@H](C)O)[C@H]2C1. The van der Waals surface area contributed by atoms with Crippen molar-refractivity contribution in [2.24, 2.45) is 5.92 Å². The Kier molecular flexibility index (Phi) is 6.76. The molecule has 3 atom stereocenters. The molecule has 0 spiro atoms. The lowest BCUT2D eigenvalue weighted by Gasteiger charge is -2.44. The highest BCUT2D eigenvalue weighted by molar-refractivity contribution is 8.05. The summed E-state index contributed by atoms with van der Waals surface area (Å²) in [6.45, 7) is 2.78. The second-order valence-electron chi connectivity index (χ2n) is 7.14. The quantitative estimate of drug-likeness (QED) is 0.266. The highest BCUT2D eigenvalue weighted by atomic mass is 32.2. The third-order valence-electron chi connectivity index (χ3n) is 4.96. The number of β-lactam (4-membered cyclic amide) rings is 1. The van der Waals surface area contributed by atoms with Crippen LogP contribution in [0.15, 0.2) is 46.5 Å². The maximum Gasteiger partial charge on any atom is 0.356 e. The van der Waals surface area contributed by atoms with Crippen LogP contribution in [0, 0.1) is 16.0 Å². The van der Waals surface area contributed by atoms with E-state index in [1.165, 1.54) is 61.0 Å². The molecule has 1 aromatic rings. The second kappa shape index (κ2) is 9.31. The van der Waals surface area contributed by atoms with Crippen molar-refractivity contribution in [3.8, 4) is 0 Å².